The van der Waals surface area contributed by atoms with Crippen LogP contribution in [0.15, 0.2) is 18.2 Å². The summed E-state index contributed by atoms with van der Waals surface area (Å²) >= 11 is 0. The number of benzene rings is 1. The van der Waals surface area contributed by atoms with Crippen molar-refractivity contribution in [3.05, 3.63) is 35.1 Å². The van der Waals surface area contributed by atoms with Gasteiger partial charge < -0.3 is 10.1 Å². The highest BCUT2D eigenvalue weighted by Gasteiger charge is 2.22. The Labute approximate surface area is 110 Å². The van der Waals surface area contributed by atoms with E-state index in [1.54, 1.807) is 13.2 Å². The molecule has 0 aromatic heterocycles. The van der Waals surface area contributed by atoms with Gasteiger partial charge in [-0.15, -0.1) is 0 Å². The first-order valence-corrected chi connectivity index (χ1v) is 6.35. The summed E-state index contributed by atoms with van der Waals surface area (Å²) in [5.74, 6) is -0.170. The van der Waals surface area contributed by atoms with Gasteiger partial charge >= 0.3 is 0 Å². The lowest BCUT2D eigenvalue weighted by Gasteiger charge is -2.28. The quantitative estimate of drug-likeness (QED) is 0.841. The van der Waals surface area contributed by atoms with Gasteiger partial charge in [-0.2, -0.15) is 0 Å². The van der Waals surface area contributed by atoms with E-state index in [1.165, 1.54) is 6.07 Å². The van der Waals surface area contributed by atoms with Gasteiger partial charge in [0.05, 0.1) is 5.60 Å². The molecule has 0 aliphatic rings. The van der Waals surface area contributed by atoms with Crippen LogP contribution in [0.3, 0.4) is 0 Å². The maximum atomic E-state index is 13.3. The number of rotatable bonds is 6. The Bertz CT molecular complexity index is 390. The Morgan fingerprint density at radius 2 is 2.06 bits per heavy atom. The standard InChI is InChI=1S/C15H24FNO/c1-11-6-7-13(16)8-12(11)9-14(17-4)10-15(2,3)18-5/h6-8,14,17H,9-10H2,1-5H3. The number of aryl methyl sites for hydroxylation is 1. The number of likely N-dealkylation sites (N-methyl/N-ethyl adjacent to an activating group) is 1. The van der Waals surface area contributed by atoms with Crippen LogP contribution in [-0.2, 0) is 11.2 Å². The van der Waals surface area contributed by atoms with E-state index in [2.05, 4.69) is 19.2 Å². The Balaban J connectivity index is 2.77. The number of ether oxygens (including phenoxy) is 1. The van der Waals surface area contributed by atoms with Crippen molar-refractivity contribution in [3.63, 3.8) is 0 Å². The molecule has 18 heavy (non-hydrogen) atoms. The van der Waals surface area contributed by atoms with Gasteiger partial charge in [0.25, 0.3) is 0 Å². The molecule has 1 rings (SSSR count). The number of hydrogen-bond acceptors (Lipinski definition) is 2. The van der Waals surface area contributed by atoms with Crippen LogP contribution in [0.2, 0.25) is 0 Å². The molecule has 1 atom stereocenters. The molecule has 0 saturated heterocycles. The number of nitrogens with one attached hydrogen (secondary N) is 1. The first-order chi connectivity index (χ1) is 8.38. The van der Waals surface area contributed by atoms with Crippen LogP contribution >= 0.6 is 0 Å². The summed E-state index contributed by atoms with van der Waals surface area (Å²) in [6.07, 6.45) is 1.70. The highest BCUT2D eigenvalue weighted by atomic mass is 19.1. The minimum absolute atomic E-state index is 0.170. The van der Waals surface area contributed by atoms with Gasteiger partial charge in [-0.3, -0.25) is 0 Å². The molecule has 0 amide bonds. The van der Waals surface area contributed by atoms with Gasteiger partial charge in [0.2, 0.25) is 0 Å². The molecule has 0 fully saturated rings. The molecule has 2 nitrogen and oxygen atoms in total. The van der Waals surface area contributed by atoms with E-state index in [0.29, 0.717) is 0 Å². The third-order valence-electron chi connectivity index (χ3n) is 3.48. The third kappa shape index (κ3) is 4.39. The third-order valence-corrected chi connectivity index (χ3v) is 3.48. The van der Waals surface area contributed by atoms with Crippen LogP contribution in [0.5, 0.6) is 0 Å². The maximum absolute atomic E-state index is 13.3. The second-order valence-electron chi connectivity index (χ2n) is 5.43. The molecular weight excluding hydrogens is 229 g/mol. The molecule has 0 aliphatic heterocycles. The van der Waals surface area contributed by atoms with Crippen molar-refractivity contribution in [2.24, 2.45) is 0 Å². The lowest BCUT2D eigenvalue weighted by Crippen LogP contribution is -2.37. The van der Waals surface area contributed by atoms with Gasteiger partial charge in [0, 0.05) is 13.2 Å². The van der Waals surface area contributed by atoms with E-state index in [9.17, 15) is 4.39 Å². The van der Waals surface area contributed by atoms with Gasteiger partial charge in [-0.1, -0.05) is 6.07 Å². The van der Waals surface area contributed by atoms with Crippen molar-refractivity contribution < 1.29 is 9.13 Å². The topological polar surface area (TPSA) is 21.3 Å². The van der Waals surface area contributed by atoms with Gasteiger partial charge in [-0.05, 0) is 63.9 Å². The fraction of sp³-hybridized carbons (Fsp3) is 0.600. The lowest BCUT2D eigenvalue weighted by molar-refractivity contribution is 0.00771. The van der Waals surface area contributed by atoms with Gasteiger partial charge in [0.1, 0.15) is 5.82 Å². The van der Waals surface area contributed by atoms with Crippen LogP contribution in [0, 0.1) is 12.7 Å². The number of methoxy groups -OCH3 is 1. The van der Waals surface area contributed by atoms with Gasteiger partial charge in [-0.25, -0.2) is 4.39 Å². The van der Waals surface area contributed by atoms with Crippen molar-refractivity contribution in [2.75, 3.05) is 14.2 Å². The van der Waals surface area contributed by atoms with E-state index in [4.69, 9.17) is 4.74 Å². The summed E-state index contributed by atoms with van der Waals surface area (Å²) in [7, 11) is 3.66. The summed E-state index contributed by atoms with van der Waals surface area (Å²) in [6, 6.07) is 5.24. The second-order valence-corrected chi connectivity index (χ2v) is 5.43. The molecule has 1 unspecified atom stereocenters. The summed E-state index contributed by atoms with van der Waals surface area (Å²) in [6.45, 7) is 6.15. The highest BCUT2D eigenvalue weighted by molar-refractivity contribution is 5.27. The molecule has 0 radical (unpaired) electrons. The molecule has 1 N–H and O–H groups in total. The largest absolute Gasteiger partial charge is 0.379 e. The van der Waals surface area contributed by atoms with E-state index < -0.39 is 0 Å². The zero-order valence-electron chi connectivity index (χ0n) is 12.0. The molecule has 0 spiro atoms. The predicted octanol–water partition coefficient (Wildman–Crippen LogP) is 3.08. The monoisotopic (exact) mass is 253 g/mol. The fourth-order valence-corrected chi connectivity index (χ4v) is 2.08. The van der Waals surface area contributed by atoms with Crippen molar-refractivity contribution in [3.8, 4) is 0 Å². The zero-order chi connectivity index (χ0) is 13.8. The maximum Gasteiger partial charge on any atom is 0.123 e. The number of hydrogen-bond donors (Lipinski definition) is 1. The van der Waals surface area contributed by atoms with Crippen molar-refractivity contribution in [1.29, 1.82) is 0 Å². The Hall–Kier alpha value is -0.930. The Morgan fingerprint density at radius 1 is 1.39 bits per heavy atom. The van der Waals surface area contributed by atoms with Crippen LogP contribution in [-0.4, -0.2) is 25.8 Å². The predicted molar refractivity (Wildman–Crippen MR) is 73.4 cm³/mol. The van der Waals surface area contributed by atoms with E-state index in [1.807, 2.05) is 20.0 Å². The first-order valence-electron chi connectivity index (χ1n) is 6.35. The van der Waals surface area contributed by atoms with E-state index in [0.717, 1.165) is 24.0 Å². The summed E-state index contributed by atoms with van der Waals surface area (Å²) in [5.41, 5.74) is 2.02. The molecule has 102 valence electrons. The first kappa shape index (κ1) is 15.1. The summed E-state index contributed by atoms with van der Waals surface area (Å²) in [4.78, 5) is 0. The van der Waals surface area contributed by atoms with E-state index >= 15 is 0 Å². The smallest absolute Gasteiger partial charge is 0.123 e. The number of halogens is 1. The highest BCUT2D eigenvalue weighted by Crippen LogP contribution is 2.20. The summed E-state index contributed by atoms with van der Waals surface area (Å²) < 4.78 is 18.7. The van der Waals surface area contributed by atoms with Crippen molar-refractivity contribution >= 4 is 0 Å². The fourth-order valence-electron chi connectivity index (χ4n) is 2.08. The molecular formula is C15H24FNO. The molecule has 3 heteroatoms. The molecule has 1 aromatic carbocycles. The minimum Gasteiger partial charge on any atom is -0.379 e. The normalized spacial score (nSPS) is 13.7. The molecule has 1 aromatic rings. The van der Waals surface area contributed by atoms with Crippen LogP contribution in [0.4, 0.5) is 4.39 Å². The second kappa shape index (κ2) is 6.30. The van der Waals surface area contributed by atoms with Crippen LogP contribution in [0.1, 0.15) is 31.4 Å². The molecule has 0 saturated carbocycles. The molecule has 0 bridgehead atoms. The van der Waals surface area contributed by atoms with Crippen molar-refractivity contribution in [2.45, 2.75) is 45.3 Å². The Morgan fingerprint density at radius 3 is 2.61 bits per heavy atom. The summed E-state index contributed by atoms with van der Waals surface area (Å²) in [5, 5.41) is 3.29. The van der Waals surface area contributed by atoms with E-state index in [-0.39, 0.29) is 17.5 Å². The SMILES string of the molecule is CNC(Cc1cc(F)ccc1C)CC(C)(C)OC. The Kier molecular flexibility index (Phi) is 5.29. The van der Waals surface area contributed by atoms with Crippen molar-refractivity contribution in [1.82, 2.24) is 5.32 Å². The zero-order valence-corrected chi connectivity index (χ0v) is 12.0. The van der Waals surface area contributed by atoms with Crippen LogP contribution < -0.4 is 5.32 Å². The lowest BCUT2D eigenvalue weighted by atomic mass is 9.92. The average Bonchev–Trinajstić information content (AvgIpc) is 2.32. The molecule has 0 aliphatic carbocycles. The average molecular weight is 253 g/mol. The van der Waals surface area contributed by atoms with Crippen LogP contribution in [0.25, 0.3) is 0 Å². The molecule has 0 heterocycles. The van der Waals surface area contributed by atoms with Gasteiger partial charge in [0.15, 0.2) is 0 Å². The minimum atomic E-state index is -0.172.